The van der Waals surface area contributed by atoms with E-state index in [0.717, 1.165) is 0 Å². The van der Waals surface area contributed by atoms with Gasteiger partial charge in [0.1, 0.15) is 11.6 Å². The van der Waals surface area contributed by atoms with Crippen molar-refractivity contribution in [3.8, 4) is 5.75 Å². The van der Waals surface area contributed by atoms with E-state index in [2.05, 4.69) is 25.7 Å². The zero-order valence-corrected chi connectivity index (χ0v) is 19.7. The van der Waals surface area contributed by atoms with Crippen molar-refractivity contribution in [2.75, 3.05) is 19.6 Å². The molecule has 0 saturated heterocycles. The first-order chi connectivity index (χ1) is 14.8. The Bertz CT molecular complexity index is 877. The third-order valence-corrected chi connectivity index (χ3v) is 3.97. The number of amides is 1. The first-order valence-electron chi connectivity index (χ1n) is 9.64. The van der Waals surface area contributed by atoms with Crippen molar-refractivity contribution < 1.29 is 27.1 Å². The minimum Gasteiger partial charge on any atom is -0.405 e. The number of halogens is 5. The van der Waals surface area contributed by atoms with E-state index in [1.165, 1.54) is 30.3 Å². The number of alkyl halides is 3. The number of nitrogens with one attached hydrogen (secondary N) is 3. The molecule has 0 unspecified atom stereocenters. The summed E-state index contributed by atoms with van der Waals surface area (Å²) in [6.45, 7) is 3.02. The topological polar surface area (TPSA) is 74.8 Å². The Kier molecular flexibility index (Phi) is 11.8. The van der Waals surface area contributed by atoms with Crippen LogP contribution < -0.4 is 20.7 Å². The van der Waals surface area contributed by atoms with Crippen LogP contribution in [0.15, 0.2) is 53.5 Å². The highest BCUT2D eigenvalue weighted by atomic mass is 127. The van der Waals surface area contributed by atoms with E-state index >= 15 is 0 Å². The summed E-state index contributed by atoms with van der Waals surface area (Å²) in [6, 6.07) is 11.5. The summed E-state index contributed by atoms with van der Waals surface area (Å²) in [5, 5.41) is 8.71. The van der Waals surface area contributed by atoms with Crippen LogP contribution in [-0.4, -0.2) is 37.9 Å². The van der Waals surface area contributed by atoms with Gasteiger partial charge in [-0.15, -0.1) is 37.1 Å². The molecule has 32 heavy (non-hydrogen) atoms. The Morgan fingerprint density at radius 2 is 1.66 bits per heavy atom. The standard InChI is InChI=1S/C21H24F4N4O2.HI/c1-2-26-20(29-14-16-5-3-4-6-18(16)31-21(23,24)25)28-12-11-27-19(30)13-15-7-9-17(22)10-8-15;/h3-10H,2,11-14H2,1H3,(H,27,30)(H2,26,28,29);1H. The highest BCUT2D eigenvalue weighted by Crippen LogP contribution is 2.26. The maximum Gasteiger partial charge on any atom is 0.573 e. The number of carbonyl (C=O) groups is 1. The Morgan fingerprint density at radius 3 is 2.31 bits per heavy atom. The smallest absolute Gasteiger partial charge is 0.405 e. The van der Waals surface area contributed by atoms with Gasteiger partial charge in [-0.3, -0.25) is 4.79 Å². The number of hydrogen-bond acceptors (Lipinski definition) is 3. The largest absolute Gasteiger partial charge is 0.573 e. The van der Waals surface area contributed by atoms with E-state index in [-0.39, 0.29) is 60.0 Å². The van der Waals surface area contributed by atoms with E-state index in [1.54, 1.807) is 18.2 Å². The normalized spacial score (nSPS) is 11.3. The summed E-state index contributed by atoms with van der Waals surface area (Å²) in [5.41, 5.74) is 0.978. The van der Waals surface area contributed by atoms with E-state index in [1.807, 2.05) is 6.92 Å². The minimum absolute atomic E-state index is 0. The lowest BCUT2D eigenvalue weighted by Crippen LogP contribution is -2.41. The quantitative estimate of drug-likeness (QED) is 0.142. The maximum atomic E-state index is 12.9. The molecule has 0 spiro atoms. The minimum atomic E-state index is -4.78. The van der Waals surface area contributed by atoms with E-state index in [9.17, 15) is 22.4 Å². The molecule has 0 aliphatic carbocycles. The molecule has 0 fully saturated rings. The number of rotatable bonds is 9. The van der Waals surface area contributed by atoms with E-state index in [4.69, 9.17) is 0 Å². The van der Waals surface area contributed by atoms with Crippen molar-refractivity contribution in [2.45, 2.75) is 26.3 Å². The molecule has 0 radical (unpaired) electrons. The second kappa shape index (κ2) is 13.8. The molecule has 0 bridgehead atoms. The zero-order valence-electron chi connectivity index (χ0n) is 17.3. The fraction of sp³-hybridized carbons (Fsp3) is 0.333. The molecule has 0 atom stereocenters. The fourth-order valence-corrected chi connectivity index (χ4v) is 2.60. The zero-order chi connectivity index (χ0) is 22.7. The van der Waals surface area contributed by atoms with Crippen LogP contribution >= 0.6 is 24.0 Å². The summed E-state index contributed by atoms with van der Waals surface area (Å²) in [4.78, 5) is 16.2. The number of hydrogen-bond donors (Lipinski definition) is 3. The van der Waals surface area contributed by atoms with E-state index < -0.39 is 6.36 Å². The molecule has 2 aromatic carbocycles. The van der Waals surface area contributed by atoms with Crippen molar-refractivity contribution in [3.63, 3.8) is 0 Å². The third kappa shape index (κ3) is 10.6. The third-order valence-electron chi connectivity index (χ3n) is 3.97. The Hall–Kier alpha value is -2.57. The molecule has 0 aliphatic heterocycles. The van der Waals surface area contributed by atoms with Crippen LogP contribution in [0.3, 0.4) is 0 Å². The molecule has 3 N–H and O–H groups in total. The number of aliphatic imine (C=N–C) groups is 1. The molecule has 176 valence electrons. The fourth-order valence-electron chi connectivity index (χ4n) is 2.60. The first kappa shape index (κ1) is 27.5. The Morgan fingerprint density at radius 1 is 1.00 bits per heavy atom. The summed E-state index contributed by atoms with van der Waals surface area (Å²) < 4.78 is 54.5. The van der Waals surface area contributed by atoms with Gasteiger partial charge in [0, 0.05) is 25.2 Å². The van der Waals surface area contributed by atoms with Crippen molar-refractivity contribution in [1.29, 1.82) is 0 Å². The van der Waals surface area contributed by atoms with Gasteiger partial charge in [-0.25, -0.2) is 9.38 Å². The number of para-hydroxylation sites is 1. The van der Waals surface area contributed by atoms with Crippen LogP contribution in [0.4, 0.5) is 17.6 Å². The lowest BCUT2D eigenvalue weighted by Gasteiger charge is -2.14. The lowest BCUT2D eigenvalue weighted by molar-refractivity contribution is -0.274. The molecular weight excluding hydrogens is 543 g/mol. The molecule has 0 heterocycles. The molecule has 11 heteroatoms. The molecule has 0 aliphatic rings. The Labute approximate surface area is 200 Å². The molecule has 2 rings (SSSR count). The van der Waals surface area contributed by atoms with Gasteiger partial charge < -0.3 is 20.7 Å². The van der Waals surface area contributed by atoms with Crippen LogP contribution in [-0.2, 0) is 17.8 Å². The number of carbonyl (C=O) groups excluding carboxylic acids is 1. The SMILES string of the molecule is CCNC(=NCc1ccccc1OC(F)(F)F)NCCNC(=O)Cc1ccc(F)cc1.I. The molecule has 2 aromatic rings. The van der Waals surface area contributed by atoms with Gasteiger partial charge in [0.05, 0.1) is 13.0 Å². The van der Waals surface area contributed by atoms with Gasteiger partial charge in [0.2, 0.25) is 5.91 Å². The maximum absolute atomic E-state index is 12.9. The average molecular weight is 568 g/mol. The van der Waals surface area contributed by atoms with Crippen molar-refractivity contribution in [2.24, 2.45) is 4.99 Å². The van der Waals surface area contributed by atoms with Crippen LogP contribution in [0, 0.1) is 5.82 Å². The van der Waals surface area contributed by atoms with Gasteiger partial charge in [-0.05, 0) is 30.7 Å². The summed E-state index contributed by atoms with van der Waals surface area (Å²) in [7, 11) is 0. The lowest BCUT2D eigenvalue weighted by atomic mass is 10.1. The van der Waals surface area contributed by atoms with Crippen molar-refractivity contribution >= 4 is 35.8 Å². The molecular formula is C21H25F4IN4O2. The van der Waals surface area contributed by atoms with E-state index in [0.29, 0.717) is 31.2 Å². The van der Waals surface area contributed by atoms with Gasteiger partial charge in [-0.1, -0.05) is 30.3 Å². The van der Waals surface area contributed by atoms with Crippen LogP contribution in [0.5, 0.6) is 5.75 Å². The second-order valence-corrected chi connectivity index (χ2v) is 6.43. The molecule has 0 saturated carbocycles. The molecule has 0 aromatic heterocycles. The highest BCUT2D eigenvalue weighted by Gasteiger charge is 2.31. The molecule has 1 amide bonds. The monoisotopic (exact) mass is 568 g/mol. The molecule has 6 nitrogen and oxygen atoms in total. The number of nitrogens with zero attached hydrogens (tertiary/aromatic N) is 1. The van der Waals surface area contributed by atoms with Crippen LogP contribution in [0.1, 0.15) is 18.1 Å². The number of guanidine groups is 1. The van der Waals surface area contributed by atoms with Gasteiger partial charge in [0.15, 0.2) is 5.96 Å². The van der Waals surface area contributed by atoms with Crippen molar-refractivity contribution in [1.82, 2.24) is 16.0 Å². The number of ether oxygens (including phenoxy) is 1. The summed E-state index contributed by atoms with van der Waals surface area (Å²) >= 11 is 0. The summed E-state index contributed by atoms with van der Waals surface area (Å²) in [5.74, 6) is -0.496. The van der Waals surface area contributed by atoms with Gasteiger partial charge in [0.25, 0.3) is 0 Å². The second-order valence-electron chi connectivity index (χ2n) is 6.43. The predicted octanol–water partition coefficient (Wildman–Crippen LogP) is 3.76. The first-order valence-corrected chi connectivity index (χ1v) is 9.64. The summed E-state index contributed by atoms with van der Waals surface area (Å²) in [6.07, 6.45) is -4.65. The van der Waals surface area contributed by atoms with Crippen molar-refractivity contribution in [3.05, 3.63) is 65.5 Å². The van der Waals surface area contributed by atoms with Crippen LogP contribution in [0.2, 0.25) is 0 Å². The Balaban J connectivity index is 0.00000512. The highest BCUT2D eigenvalue weighted by molar-refractivity contribution is 14.0. The predicted molar refractivity (Wildman–Crippen MR) is 124 cm³/mol. The van der Waals surface area contributed by atoms with Crippen LogP contribution in [0.25, 0.3) is 0 Å². The van der Waals surface area contributed by atoms with Gasteiger partial charge >= 0.3 is 6.36 Å². The van der Waals surface area contributed by atoms with Gasteiger partial charge in [-0.2, -0.15) is 0 Å². The number of benzene rings is 2. The average Bonchev–Trinajstić information content (AvgIpc) is 2.71.